The Hall–Kier alpha value is -2.08. The molecule has 1 saturated heterocycles. The highest BCUT2D eigenvalue weighted by molar-refractivity contribution is 6.30. The Morgan fingerprint density at radius 3 is 2.30 bits per heavy atom. The van der Waals surface area contributed by atoms with Crippen LogP contribution in [0.25, 0.3) is 0 Å². The number of anilines is 1. The lowest BCUT2D eigenvalue weighted by Crippen LogP contribution is -3.29. The maximum atomic E-state index is 12.5. The SMILES string of the molecule is COc1ccc(C[NH+]2CC[NH+]([C@@H](C)C(=O)Nc3ccc(Cl)cc3)CC2)cc1. The molecule has 5 nitrogen and oxygen atoms in total. The number of nitrogens with one attached hydrogen (secondary N) is 3. The van der Waals surface area contributed by atoms with E-state index in [1.54, 1.807) is 24.1 Å². The zero-order chi connectivity index (χ0) is 19.2. The Morgan fingerprint density at radius 1 is 1.07 bits per heavy atom. The summed E-state index contributed by atoms with van der Waals surface area (Å²) in [5.41, 5.74) is 2.11. The number of amides is 1. The molecule has 1 heterocycles. The molecule has 2 aromatic rings. The maximum absolute atomic E-state index is 12.5. The van der Waals surface area contributed by atoms with Gasteiger partial charge in [0.05, 0.1) is 7.11 Å². The number of benzene rings is 2. The number of ether oxygens (including phenoxy) is 1. The minimum atomic E-state index is -0.0665. The van der Waals surface area contributed by atoms with Gasteiger partial charge in [-0.1, -0.05) is 11.6 Å². The van der Waals surface area contributed by atoms with Gasteiger partial charge < -0.3 is 19.9 Å². The predicted molar refractivity (Wildman–Crippen MR) is 108 cm³/mol. The lowest BCUT2D eigenvalue weighted by atomic mass is 10.1. The fourth-order valence-corrected chi connectivity index (χ4v) is 3.66. The van der Waals surface area contributed by atoms with Crippen LogP contribution in [0.15, 0.2) is 48.5 Å². The summed E-state index contributed by atoms with van der Waals surface area (Å²) in [6.07, 6.45) is 0. The van der Waals surface area contributed by atoms with Gasteiger partial charge >= 0.3 is 0 Å². The third kappa shape index (κ3) is 5.45. The van der Waals surface area contributed by atoms with Gasteiger partial charge in [-0.2, -0.15) is 0 Å². The Balaban J connectivity index is 1.47. The molecule has 0 bridgehead atoms. The molecule has 1 aliphatic rings. The second kappa shape index (κ2) is 9.22. The summed E-state index contributed by atoms with van der Waals surface area (Å²) in [5.74, 6) is 0.953. The van der Waals surface area contributed by atoms with Crippen LogP contribution in [0.4, 0.5) is 5.69 Å². The minimum absolute atomic E-state index is 0.0610. The largest absolute Gasteiger partial charge is 0.497 e. The topological polar surface area (TPSA) is 47.2 Å². The zero-order valence-electron chi connectivity index (χ0n) is 15.9. The maximum Gasteiger partial charge on any atom is 0.282 e. The normalized spacial score (nSPS) is 20.7. The standard InChI is InChI=1S/C21H26ClN3O2/c1-16(21(26)23-19-7-5-18(22)6-8-19)25-13-11-24(12-14-25)15-17-3-9-20(27-2)10-4-17/h3-10,16H,11-15H2,1-2H3,(H,23,26)/p+2/t16-/m0/s1. The molecule has 27 heavy (non-hydrogen) atoms. The van der Waals surface area contributed by atoms with Crippen molar-refractivity contribution in [2.45, 2.75) is 19.5 Å². The van der Waals surface area contributed by atoms with Gasteiger partial charge in [-0.25, -0.2) is 0 Å². The molecule has 0 aliphatic carbocycles. The molecule has 3 N–H and O–H groups in total. The number of carbonyl (C=O) groups is 1. The molecule has 2 aromatic carbocycles. The quantitative estimate of drug-likeness (QED) is 0.679. The summed E-state index contributed by atoms with van der Waals surface area (Å²) in [5, 5.41) is 3.66. The van der Waals surface area contributed by atoms with E-state index in [9.17, 15) is 4.79 Å². The third-order valence-corrected chi connectivity index (χ3v) is 5.58. The Morgan fingerprint density at radius 2 is 1.70 bits per heavy atom. The average molecular weight is 390 g/mol. The summed E-state index contributed by atoms with van der Waals surface area (Å²) < 4.78 is 5.22. The van der Waals surface area contributed by atoms with E-state index in [0.717, 1.165) is 44.2 Å². The van der Waals surface area contributed by atoms with Crippen molar-refractivity contribution in [2.75, 3.05) is 38.6 Å². The molecule has 3 rings (SSSR count). The lowest BCUT2D eigenvalue weighted by molar-refractivity contribution is -1.02. The van der Waals surface area contributed by atoms with Crippen molar-refractivity contribution in [3.05, 3.63) is 59.1 Å². The van der Waals surface area contributed by atoms with Crippen molar-refractivity contribution in [2.24, 2.45) is 0 Å². The number of piperazine rings is 1. The van der Waals surface area contributed by atoms with E-state index in [1.165, 1.54) is 10.5 Å². The van der Waals surface area contributed by atoms with E-state index in [0.29, 0.717) is 5.02 Å². The van der Waals surface area contributed by atoms with E-state index in [-0.39, 0.29) is 11.9 Å². The van der Waals surface area contributed by atoms with Gasteiger partial charge in [0.2, 0.25) is 0 Å². The number of hydrogen-bond acceptors (Lipinski definition) is 2. The second-order valence-electron chi connectivity index (χ2n) is 7.15. The highest BCUT2D eigenvalue weighted by Gasteiger charge is 2.31. The van der Waals surface area contributed by atoms with Crippen LogP contribution in [-0.4, -0.2) is 45.2 Å². The first-order chi connectivity index (χ1) is 13.0. The van der Waals surface area contributed by atoms with E-state index < -0.39 is 0 Å². The van der Waals surface area contributed by atoms with E-state index >= 15 is 0 Å². The monoisotopic (exact) mass is 389 g/mol. The first kappa shape index (κ1) is 19.7. The van der Waals surface area contributed by atoms with E-state index in [1.807, 2.05) is 31.2 Å². The first-order valence-electron chi connectivity index (χ1n) is 9.42. The zero-order valence-corrected chi connectivity index (χ0v) is 16.7. The highest BCUT2D eigenvalue weighted by atomic mass is 35.5. The average Bonchev–Trinajstić information content (AvgIpc) is 2.70. The molecule has 1 fully saturated rings. The number of hydrogen-bond donors (Lipinski definition) is 3. The summed E-state index contributed by atoms with van der Waals surface area (Å²) in [4.78, 5) is 15.5. The lowest BCUT2D eigenvalue weighted by Gasteiger charge is -2.32. The van der Waals surface area contributed by atoms with Crippen LogP contribution < -0.4 is 19.9 Å². The van der Waals surface area contributed by atoms with Gasteiger partial charge in [-0.15, -0.1) is 0 Å². The number of rotatable bonds is 6. The van der Waals surface area contributed by atoms with Crippen molar-refractivity contribution in [1.82, 2.24) is 0 Å². The molecule has 144 valence electrons. The highest BCUT2D eigenvalue weighted by Crippen LogP contribution is 2.13. The second-order valence-corrected chi connectivity index (χ2v) is 7.59. The molecule has 1 amide bonds. The van der Waals surface area contributed by atoms with E-state index in [4.69, 9.17) is 16.3 Å². The molecule has 0 aromatic heterocycles. The van der Waals surface area contributed by atoms with Crippen molar-refractivity contribution in [3.8, 4) is 5.75 Å². The fraction of sp³-hybridized carbons (Fsp3) is 0.381. The van der Waals surface area contributed by atoms with E-state index in [2.05, 4.69) is 17.4 Å². The Labute approximate surface area is 165 Å². The molecule has 6 heteroatoms. The van der Waals surface area contributed by atoms with Gasteiger partial charge in [-0.05, 0) is 55.5 Å². The number of quaternary nitrogens is 2. The summed E-state index contributed by atoms with van der Waals surface area (Å²) in [7, 11) is 1.69. The van der Waals surface area contributed by atoms with Crippen LogP contribution in [0.5, 0.6) is 5.75 Å². The summed E-state index contributed by atoms with van der Waals surface area (Å²) >= 11 is 5.89. The van der Waals surface area contributed by atoms with Crippen LogP contribution >= 0.6 is 11.6 Å². The smallest absolute Gasteiger partial charge is 0.282 e. The molecule has 0 radical (unpaired) electrons. The van der Waals surface area contributed by atoms with Gasteiger partial charge in [0.25, 0.3) is 5.91 Å². The Bertz CT molecular complexity index is 741. The molecule has 1 atom stereocenters. The number of halogens is 1. The van der Waals surface area contributed by atoms with Gasteiger partial charge in [0, 0.05) is 16.3 Å². The van der Waals surface area contributed by atoms with Crippen LogP contribution in [0, 0.1) is 0 Å². The van der Waals surface area contributed by atoms with Gasteiger partial charge in [0.1, 0.15) is 38.5 Å². The van der Waals surface area contributed by atoms with Crippen molar-refractivity contribution < 1.29 is 19.3 Å². The molecule has 1 aliphatic heterocycles. The number of carbonyl (C=O) groups excluding carboxylic acids is 1. The minimum Gasteiger partial charge on any atom is -0.497 e. The van der Waals surface area contributed by atoms with Crippen molar-refractivity contribution in [1.29, 1.82) is 0 Å². The predicted octanol–water partition coefficient (Wildman–Crippen LogP) is 0.659. The molecule has 0 spiro atoms. The van der Waals surface area contributed by atoms with Crippen LogP contribution in [0.2, 0.25) is 5.02 Å². The first-order valence-corrected chi connectivity index (χ1v) is 9.80. The molecule has 0 saturated carbocycles. The van der Waals surface area contributed by atoms with Crippen LogP contribution in [0.3, 0.4) is 0 Å². The van der Waals surface area contributed by atoms with Gasteiger partial charge in [-0.3, -0.25) is 4.79 Å². The van der Waals surface area contributed by atoms with Crippen LogP contribution in [-0.2, 0) is 11.3 Å². The summed E-state index contributed by atoms with van der Waals surface area (Å²) in [6.45, 7) is 7.17. The molecular weight excluding hydrogens is 362 g/mol. The van der Waals surface area contributed by atoms with Crippen LogP contribution in [0.1, 0.15) is 12.5 Å². The van der Waals surface area contributed by atoms with Crippen molar-refractivity contribution >= 4 is 23.2 Å². The fourth-order valence-electron chi connectivity index (χ4n) is 3.54. The third-order valence-electron chi connectivity index (χ3n) is 5.33. The van der Waals surface area contributed by atoms with Gasteiger partial charge in [0.15, 0.2) is 6.04 Å². The van der Waals surface area contributed by atoms with Crippen molar-refractivity contribution in [3.63, 3.8) is 0 Å². The molecule has 0 unspecified atom stereocenters. The number of methoxy groups -OCH3 is 1. The summed E-state index contributed by atoms with van der Waals surface area (Å²) in [6, 6.07) is 15.5. The Kier molecular flexibility index (Phi) is 6.72. The molecular formula is C21H28ClN3O2+2.